The third kappa shape index (κ3) is 4.18. The first kappa shape index (κ1) is 21.1. The first-order chi connectivity index (χ1) is 15.9. The van der Waals surface area contributed by atoms with Crippen LogP contribution in [0.5, 0.6) is 0 Å². The Hall–Kier alpha value is -3.74. The molecule has 3 heterocycles. The van der Waals surface area contributed by atoms with Crippen LogP contribution < -0.4 is 0 Å². The fourth-order valence-electron chi connectivity index (χ4n) is 4.42. The van der Waals surface area contributed by atoms with Crippen molar-refractivity contribution in [3.8, 4) is 11.1 Å². The highest BCUT2D eigenvalue weighted by Gasteiger charge is 2.34. The number of para-hydroxylation sites is 1. The van der Waals surface area contributed by atoms with Crippen LogP contribution in [0.2, 0.25) is 0 Å². The number of nitrogens with zero attached hydrogens (tertiary/aromatic N) is 3. The van der Waals surface area contributed by atoms with Crippen molar-refractivity contribution in [1.82, 2.24) is 14.9 Å². The van der Waals surface area contributed by atoms with Crippen LogP contribution in [0.15, 0.2) is 79.3 Å². The van der Waals surface area contributed by atoms with Gasteiger partial charge in [0.1, 0.15) is 0 Å². The Morgan fingerprint density at radius 3 is 2.61 bits per heavy atom. The molecule has 1 unspecified atom stereocenters. The van der Waals surface area contributed by atoms with E-state index in [-0.39, 0.29) is 11.5 Å². The van der Waals surface area contributed by atoms with Gasteiger partial charge in [0, 0.05) is 54.1 Å². The van der Waals surface area contributed by atoms with E-state index in [1.165, 1.54) is 0 Å². The van der Waals surface area contributed by atoms with E-state index in [1.807, 2.05) is 24.3 Å². The number of rotatable bonds is 3. The Morgan fingerprint density at radius 2 is 1.82 bits per heavy atom. The number of alkyl halides is 3. The van der Waals surface area contributed by atoms with Gasteiger partial charge in [-0.1, -0.05) is 30.3 Å². The van der Waals surface area contributed by atoms with Gasteiger partial charge >= 0.3 is 6.18 Å². The molecule has 2 aromatic heterocycles. The second-order valence-corrected chi connectivity index (χ2v) is 8.20. The van der Waals surface area contributed by atoms with Crippen LogP contribution in [-0.2, 0) is 6.18 Å². The molecule has 0 spiro atoms. The number of hydrogen-bond donors (Lipinski definition) is 0. The third-order valence-corrected chi connectivity index (χ3v) is 6.08. The molecule has 1 aliphatic heterocycles. The lowest BCUT2D eigenvalue weighted by molar-refractivity contribution is -0.137. The third-order valence-electron chi connectivity index (χ3n) is 6.08. The standard InChI is InChI=1S/C26H20F3N3O/c27-26(28,29)22-13-20(23-7-1-4-17-5-3-10-31-24(17)23)12-21(14-22)25(33)32-11-8-19(16-32)18-6-2-9-30-15-18/h1-7,9-10,12-15,19H,8,11,16H2. The molecule has 0 N–H and O–H groups in total. The lowest BCUT2D eigenvalue weighted by atomic mass is 9.97. The minimum atomic E-state index is -4.58. The van der Waals surface area contributed by atoms with Gasteiger partial charge < -0.3 is 4.90 Å². The van der Waals surface area contributed by atoms with E-state index in [0.717, 1.165) is 29.5 Å². The zero-order valence-electron chi connectivity index (χ0n) is 17.6. The highest BCUT2D eigenvalue weighted by Crippen LogP contribution is 2.36. The molecule has 5 rings (SSSR count). The van der Waals surface area contributed by atoms with E-state index in [0.29, 0.717) is 29.7 Å². The summed E-state index contributed by atoms with van der Waals surface area (Å²) in [5.41, 5.74) is 1.68. The highest BCUT2D eigenvalue weighted by molar-refractivity contribution is 5.99. The quantitative estimate of drug-likeness (QED) is 0.390. The Bertz CT molecular complexity index is 1320. The van der Waals surface area contributed by atoms with Crippen molar-refractivity contribution in [2.75, 3.05) is 13.1 Å². The first-order valence-electron chi connectivity index (χ1n) is 10.7. The SMILES string of the molecule is O=C(c1cc(-c2cccc3cccnc23)cc(C(F)(F)F)c1)N1CCC(c2cccnc2)C1. The van der Waals surface area contributed by atoms with Gasteiger partial charge in [0.25, 0.3) is 5.91 Å². The number of carbonyl (C=O) groups is 1. The van der Waals surface area contributed by atoms with Gasteiger partial charge in [0.05, 0.1) is 11.1 Å². The lowest BCUT2D eigenvalue weighted by Gasteiger charge is -2.19. The number of halogens is 3. The van der Waals surface area contributed by atoms with Crippen LogP contribution >= 0.6 is 0 Å². The van der Waals surface area contributed by atoms with Crippen LogP contribution in [-0.4, -0.2) is 33.9 Å². The van der Waals surface area contributed by atoms with Crippen molar-refractivity contribution in [3.63, 3.8) is 0 Å². The van der Waals surface area contributed by atoms with Crippen molar-refractivity contribution >= 4 is 16.8 Å². The molecule has 0 saturated carbocycles. The number of fused-ring (bicyclic) bond motifs is 1. The number of amides is 1. The number of benzene rings is 2. The monoisotopic (exact) mass is 447 g/mol. The maximum absolute atomic E-state index is 13.8. The molecule has 1 saturated heterocycles. The summed E-state index contributed by atoms with van der Waals surface area (Å²) in [6.07, 6.45) is 1.24. The average Bonchev–Trinajstić information content (AvgIpc) is 3.33. The number of aromatic nitrogens is 2. The summed E-state index contributed by atoms with van der Waals surface area (Å²) in [5, 5.41) is 0.819. The Labute approximate surface area is 188 Å². The molecule has 166 valence electrons. The molecule has 1 aliphatic rings. The van der Waals surface area contributed by atoms with Gasteiger partial charge in [0.15, 0.2) is 0 Å². The topological polar surface area (TPSA) is 46.1 Å². The zero-order chi connectivity index (χ0) is 23.0. The van der Waals surface area contributed by atoms with Gasteiger partial charge in [-0.15, -0.1) is 0 Å². The normalized spacial score (nSPS) is 16.3. The second-order valence-electron chi connectivity index (χ2n) is 8.20. The fourth-order valence-corrected chi connectivity index (χ4v) is 4.42. The van der Waals surface area contributed by atoms with E-state index in [4.69, 9.17) is 0 Å². The smallest absolute Gasteiger partial charge is 0.338 e. The molecule has 0 aliphatic carbocycles. The molecule has 0 radical (unpaired) electrons. The van der Waals surface area contributed by atoms with Crippen LogP contribution in [0.25, 0.3) is 22.0 Å². The van der Waals surface area contributed by atoms with Gasteiger partial charge in [0.2, 0.25) is 0 Å². The summed E-state index contributed by atoms with van der Waals surface area (Å²) < 4.78 is 41.3. The molecule has 1 fully saturated rings. The molecule has 33 heavy (non-hydrogen) atoms. The van der Waals surface area contributed by atoms with Crippen LogP contribution in [0.3, 0.4) is 0 Å². The molecular formula is C26H20F3N3O. The summed E-state index contributed by atoms with van der Waals surface area (Å²) in [6.45, 7) is 0.936. The van der Waals surface area contributed by atoms with E-state index in [1.54, 1.807) is 47.8 Å². The van der Waals surface area contributed by atoms with Gasteiger partial charge in [-0.3, -0.25) is 14.8 Å². The zero-order valence-corrected chi connectivity index (χ0v) is 17.6. The van der Waals surface area contributed by atoms with Crippen LogP contribution in [0.4, 0.5) is 13.2 Å². The molecule has 1 amide bonds. The van der Waals surface area contributed by atoms with Crippen LogP contribution in [0.1, 0.15) is 33.8 Å². The Morgan fingerprint density at radius 1 is 1.00 bits per heavy atom. The largest absolute Gasteiger partial charge is 0.416 e. The van der Waals surface area contributed by atoms with Gasteiger partial charge in [-0.25, -0.2) is 0 Å². The number of carbonyl (C=O) groups excluding carboxylic acids is 1. The Balaban J connectivity index is 1.53. The van der Waals surface area contributed by atoms with Gasteiger partial charge in [-0.2, -0.15) is 13.2 Å². The predicted octanol–water partition coefficient (Wildman–Crippen LogP) is 5.95. The molecule has 2 aromatic carbocycles. The average molecular weight is 447 g/mol. The molecule has 4 nitrogen and oxygen atoms in total. The van der Waals surface area contributed by atoms with E-state index in [9.17, 15) is 18.0 Å². The lowest BCUT2D eigenvalue weighted by Crippen LogP contribution is -2.28. The Kier molecular flexibility index (Phi) is 5.32. The van der Waals surface area contributed by atoms with Gasteiger partial charge in [-0.05, 0) is 47.9 Å². The van der Waals surface area contributed by atoms with E-state index in [2.05, 4.69) is 9.97 Å². The van der Waals surface area contributed by atoms with Crippen molar-refractivity contribution < 1.29 is 18.0 Å². The van der Waals surface area contributed by atoms with E-state index < -0.39 is 17.6 Å². The highest BCUT2D eigenvalue weighted by atomic mass is 19.4. The summed E-state index contributed by atoms with van der Waals surface area (Å²) in [7, 11) is 0. The maximum atomic E-state index is 13.8. The summed E-state index contributed by atoms with van der Waals surface area (Å²) in [6, 6.07) is 16.4. The fraction of sp³-hybridized carbons (Fsp3) is 0.192. The number of pyridine rings is 2. The number of hydrogen-bond acceptors (Lipinski definition) is 3. The minimum absolute atomic E-state index is 0.0274. The molecule has 7 heteroatoms. The predicted molar refractivity (Wildman–Crippen MR) is 120 cm³/mol. The van der Waals surface area contributed by atoms with Crippen molar-refractivity contribution in [2.45, 2.75) is 18.5 Å². The molecule has 1 atom stereocenters. The van der Waals surface area contributed by atoms with Crippen molar-refractivity contribution in [2.24, 2.45) is 0 Å². The van der Waals surface area contributed by atoms with Crippen molar-refractivity contribution in [3.05, 3.63) is 95.9 Å². The molecular weight excluding hydrogens is 427 g/mol. The summed E-state index contributed by atoms with van der Waals surface area (Å²) in [5.74, 6) is -0.280. The minimum Gasteiger partial charge on any atom is -0.338 e. The summed E-state index contributed by atoms with van der Waals surface area (Å²) >= 11 is 0. The second kappa shape index (κ2) is 8.31. The summed E-state index contributed by atoms with van der Waals surface area (Å²) in [4.78, 5) is 23.4. The maximum Gasteiger partial charge on any atom is 0.416 e. The molecule has 4 aromatic rings. The number of likely N-dealkylation sites (tertiary alicyclic amines) is 1. The van der Waals surface area contributed by atoms with Crippen molar-refractivity contribution in [1.29, 1.82) is 0 Å². The van der Waals surface area contributed by atoms with E-state index >= 15 is 0 Å². The molecule has 0 bridgehead atoms. The van der Waals surface area contributed by atoms with Crippen LogP contribution in [0, 0.1) is 0 Å². The first-order valence-corrected chi connectivity index (χ1v) is 10.7.